The molecule has 0 fully saturated rings. The van der Waals surface area contributed by atoms with E-state index in [0.717, 1.165) is 24.1 Å². The van der Waals surface area contributed by atoms with E-state index in [-0.39, 0.29) is 11.3 Å². The van der Waals surface area contributed by atoms with Gasteiger partial charge in [-0.15, -0.1) is 0 Å². The van der Waals surface area contributed by atoms with Crippen LogP contribution in [0.4, 0.5) is 17.6 Å². The van der Waals surface area contributed by atoms with E-state index in [2.05, 4.69) is 10.1 Å². The Morgan fingerprint density at radius 3 is 2.58 bits per heavy atom. The van der Waals surface area contributed by atoms with E-state index in [0.29, 0.717) is 29.9 Å². The molecular formula is C21H17F4N5O. The lowest BCUT2D eigenvalue weighted by Gasteiger charge is -2.07. The lowest BCUT2D eigenvalue weighted by Crippen LogP contribution is -2.11. The molecule has 0 spiro atoms. The fourth-order valence-electron chi connectivity index (χ4n) is 3.17. The van der Waals surface area contributed by atoms with Crippen LogP contribution in [0.25, 0.3) is 11.3 Å². The van der Waals surface area contributed by atoms with Crippen molar-refractivity contribution in [1.29, 1.82) is 5.26 Å². The normalized spacial score (nSPS) is 12.5. The first-order chi connectivity index (χ1) is 14.6. The lowest BCUT2D eigenvalue weighted by atomic mass is 10.1. The van der Waals surface area contributed by atoms with Crippen LogP contribution in [-0.2, 0) is 19.1 Å². The van der Waals surface area contributed by atoms with Crippen molar-refractivity contribution in [3.05, 3.63) is 70.4 Å². The van der Waals surface area contributed by atoms with Crippen molar-refractivity contribution in [2.75, 3.05) is 0 Å². The van der Waals surface area contributed by atoms with Gasteiger partial charge in [-0.05, 0) is 55.7 Å². The van der Waals surface area contributed by atoms with E-state index in [1.165, 1.54) is 6.07 Å². The van der Waals surface area contributed by atoms with Gasteiger partial charge >= 0.3 is 6.18 Å². The van der Waals surface area contributed by atoms with Gasteiger partial charge in [-0.25, -0.2) is 9.37 Å². The number of benzene rings is 1. The monoisotopic (exact) mass is 431 g/mol. The number of carbonyl (C=O) groups is 1. The molecule has 0 bridgehead atoms. The topological polar surface area (TPSA) is 97.6 Å². The number of fused-ring (bicyclic) bond motifs is 1. The Morgan fingerprint density at radius 2 is 1.97 bits per heavy atom. The highest BCUT2D eigenvalue weighted by Gasteiger charge is 2.33. The van der Waals surface area contributed by atoms with Crippen molar-refractivity contribution < 1.29 is 22.4 Å². The summed E-state index contributed by atoms with van der Waals surface area (Å²) in [7, 11) is 0. The third-order valence-electron chi connectivity index (χ3n) is 4.58. The van der Waals surface area contributed by atoms with Gasteiger partial charge < -0.3 is 5.73 Å². The summed E-state index contributed by atoms with van der Waals surface area (Å²) in [4.78, 5) is 13.8. The number of alkyl halides is 3. The summed E-state index contributed by atoms with van der Waals surface area (Å²) in [5.74, 6) is -1.31. The molecule has 3 heterocycles. The van der Waals surface area contributed by atoms with Gasteiger partial charge in [0.15, 0.2) is 5.82 Å². The van der Waals surface area contributed by atoms with Crippen molar-refractivity contribution in [2.24, 2.45) is 5.73 Å². The third kappa shape index (κ3) is 5.06. The highest BCUT2D eigenvalue weighted by molar-refractivity contribution is 5.93. The number of hydrogen-bond donors (Lipinski definition) is 1. The zero-order chi connectivity index (χ0) is 22.8. The van der Waals surface area contributed by atoms with E-state index < -0.39 is 23.6 Å². The Balaban J connectivity index is 0.000000196. The van der Waals surface area contributed by atoms with E-state index in [4.69, 9.17) is 11.0 Å². The van der Waals surface area contributed by atoms with Gasteiger partial charge in [-0.1, -0.05) is 0 Å². The average Bonchev–Trinajstić information content (AvgIpc) is 3.29. The highest BCUT2D eigenvalue weighted by atomic mass is 19.4. The Kier molecular flexibility index (Phi) is 6.06. The average molecular weight is 431 g/mol. The predicted molar refractivity (Wildman–Crippen MR) is 103 cm³/mol. The SMILES string of the molecule is Cc1cc(C#N)cc(C(N)=O)c1.Fc1cnc(C(F)(F)F)cc1-c1cc2n(n1)CCC2. The summed E-state index contributed by atoms with van der Waals surface area (Å²) >= 11 is 0. The molecule has 0 atom stereocenters. The maximum Gasteiger partial charge on any atom is 0.433 e. The molecule has 0 radical (unpaired) electrons. The number of rotatable bonds is 2. The molecule has 1 aliphatic heterocycles. The molecule has 6 nitrogen and oxygen atoms in total. The number of carbonyl (C=O) groups excluding carboxylic acids is 1. The summed E-state index contributed by atoms with van der Waals surface area (Å²) in [5.41, 5.74) is 6.63. The molecule has 0 unspecified atom stereocenters. The largest absolute Gasteiger partial charge is 0.433 e. The van der Waals surface area contributed by atoms with Crippen LogP contribution >= 0.6 is 0 Å². The molecule has 0 saturated heterocycles. The third-order valence-corrected chi connectivity index (χ3v) is 4.58. The van der Waals surface area contributed by atoms with Crippen LogP contribution in [0.3, 0.4) is 0 Å². The van der Waals surface area contributed by atoms with Crippen LogP contribution in [0.1, 0.15) is 39.3 Å². The molecule has 4 rings (SSSR count). The lowest BCUT2D eigenvalue weighted by molar-refractivity contribution is -0.141. The number of aromatic nitrogens is 3. The Morgan fingerprint density at radius 1 is 1.23 bits per heavy atom. The number of pyridine rings is 1. The number of halogens is 4. The summed E-state index contributed by atoms with van der Waals surface area (Å²) in [6.45, 7) is 2.53. The van der Waals surface area contributed by atoms with Crippen molar-refractivity contribution in [1.82, 2.24) is 14.8 Å². The second kappa shape index (κ2) is 8.55. The van der Waals surface area contributed by atoms with Gasteiger partial charge in [0.05, 0.1) is 23.5 Å². The van der Waals surface area contributed by atoms with Gasteiger partial charge in [0, 0.05) is 23.4 Å². The van der Waals surface area contributed by atoms with Crippen molar-refractivity contribution >= 4 is 5.91 Å². The standard InChI is InChI=1S/C12H9F4N3.C9H8N2O/c13-9-6-17-11(12(14,15)16)5-8(9)10-4-7-2-1-3-19(7)18-10;1-6-2-7(5-10)4-8(3-6)9(11)12/h4-6H,1-3H2;2-4H,1H3,(H2,11,12). The molecule has 1 aliphatic rings. The molecule has 10 heteroatoms. The molecule has 1 amide bonds. The minimum absolute atomic E-state index is 0.163. The number of nitrogens with two attached hydrogens (primary N) is 1. The minimum Gasteiger partial charge on any atom is -0.366 e. The molecule has 0 saturated carbocycles. The van der Waals surface area contributed by atoms with Crippen LogP contribution in [0.15, 0.2) is 36.5 Å². The van der Waals surface area contributed by atoms with Crippen molar-refractivity contribution in [2.45, 2.75) is 32.5 Å². The molecular weight excluding hydrogens is 414 g/mol. The quantitative estimate of drug-likeness (QED) is 0.620. The molecule has 2 aromatic heterocycles. The van der Waals surface area contributed by atoms with E-state index in [1.54, 1.807) is 22.9 Å². The zero-order valence-electron chi connectivity index (χ0n) is 16.4. The van der Waals surface area contributed by atoms with Crippen molar-refractivity contribution in [3.63, 3.8) is 0 Å². The van der Waals surface area contributed by atoms with Crippen LogP contribution < -0.4 is 5.73 Å². The van der Waals surface area contributed by atoms with E-state index in [9.17, 15) is 22.4 Å². The van der Waals surface area contributed by atoms with Gasteiger partial charge in [0.2, 0.25) is 5.91 Å². The number of primary amides is 1. The van der Waals surface area contributed by atoms with Crippen LogP contribution in [0, 0.1) is 24.1 Å². The summed E-state index contributed by atoms with van der Waals surface area (Å²) < 4.78 is 53.0. The number of aryl methyl sites for hydroxylation is 3. The van der Waals surface area contributed by atoms with Crippen LogP contribution in [0.5, 0.6) is 0 Å². The smallest absolute Gasteiger partial charge is 0.366 e. The second-order valence-corrected chi connectivity index (χ2v) is 6.96. The van der Waals surface area contributed by atoms with Gasteiger partial charge in [0.1, 0.15) is 5.69 Å². The van der Waals surface area contributed by atoms with Crippen LogP contribution in [-0.4, -0.2) is 20.7 Å². The van der Waals surface area contributed by atoms with Gasteiger partial charge in [-0.2, -0.15) is 23.5 Å². The summed E-state index contributed by atoms with van der Waals surface area (Å²) in [6.07, 6.45) is -2.24. The molecule has 1 aromatic carbocycles. The predicted octanol–water partition coefficient (Wildman–Crippen LogP) is 4.01. The summed E-state index contributed by atoms with van der Waals surface area (Å²) in [6, 6.07) is 9.13. The van der Waals surface area contributed by atoms with E-state index >= 15 is 0 Å². The van der Waals surface area contributed by atoms with Crippen molar-refractivity contribution in [3.8, 4) is 17.3 Å². The number of amides is 1. The second-order valence-electron chi connectivity index (χ2n) is 6.96. The first-order valence-corrected chi connectivity index (χ1v) is 9.20. The Labute approximate surface area is 174 Å². The molecule has 0 aliphatic carbocycles. The molecule has 160 valence electrons. The van der Waals surface area contributed by atoms with Crippen LogP contribution in [0.2, 0.25) is 0 Å². The Bertz CT molecular complexity index is 1160. The van der Waals surface area contributed by atoms with Gasteiger partial charge in [0.25, 0.3) is 0 Å². The fourth-order valence-corrected chi connectivity index (χ4v) is 3.17. The number of nitrogens with zero attached hydrogens (tertiary/aromatic N) is 4. The minimum atomic E-state index is -4.59. The maximum absolute atomic E-state index is 13.6. The number of hydrogen-bond acceptors (Lipinski definition) is 4. The molecule has 3 aromatic rings. The fraction of sp³-hybridized carbons (Fsp3) is 0.238. The highest BCUT2D eigenvalue weighted by Crippen LogP contribution is 2.32. The summed E-state index contributed by atoms with van der Waals surface area (Å²) in [5, 5.41) is 12.7. The first kappa shape index (κ1) is 22.0. The molecule has 2 N–H and O–H groups in total. The maximum atomic E-state index is 13.6. The number of nitriles is 1. The Hall–Kier alpha value is -3.74. The zero-order valence-corrected chi connectivity index (χ0v) is 16.4. The van der Waals surface area contributed by atoms with E-state index in [1.807, 2.05) is 13.0 Å². The van der Waals surface area contributed by atoms with Gasteiger partial charge in [-0.3, -0.25) is 9.48 Å². The first-order valence-electron chi connectivity index (χ1n) is 9.20. The molecule has 31 heavy (non-hydrogen) atoms.